The molecular weight excluding hydrogens is 202 g/mol. The summed E-state index contributed by atoms with van der Waals surface area (Å²) in [7, 11) is 2.03. The van der Waals surface area contributed by atoms with Gasteiger partial charge in [-0.15, -0.1) is 10.2 Å². The predicted octanol–water partition coefficient (Wildman–Crippen LogP) is 0.926. The van der Waals surface area contributed by atoms with Crippen LogP contribution >= 0.6 is 0 Å². The molecule has 1 N–H and O–H groups in total. The van der Waals surface area contributed by atoms with Crippen LogP contribution in [0.15, 0.2) is 24.8 Å². The third-order valence-corrected chi connectivity index (χ3v) is 2.54. The van der Waals surface area contributed by atoms with E-state index in [4.69, 9.17) is 0 Å². The Morgan fingerprint density at radius 1 is 1.38 bits per heavy atom. The summed E-state index contributed by atoms with van der Waals surface area (Å²) >= 11 is 0. The zero-order valence-corrected chi connectivity index (χ0v) is 9.72. The van der Waals surface area contributed by atoms with Crippen molar-refractivity contribution in [3.63, 3.8) is 0 Å². The molecule has 0 radical (unpaired) electrons. The van der Waals surface area contributed by atoms with E-state index in [2.05, 4.69) is 34.7 Å². The lowest BCUT2D eigenvalue weighted by atomic mass is 10.3. The van der Waals surface area contributed by atoms with Crippen molar-refractivity contribution in [2.45, 2.75) is 26.6 Å². The smallest absolute Gasteiger partial charge is 0.146 e. The SMILES string of the molecule is CCn1cnnc1CNCc1ccn(C)c1. The largest absolute Gasteiger partial charge is 0.357 e. The maximum Gasteiger partial charge on any atom is 0.146 e. The van der Waals surface area contributed by atoms with E-state index >= 15 is 0 Å². The van der Waals surface area contributed by atoms with E-state index in [0.717, 1.165) is 25.5 Å². The van der Waals surface area contributed by atoms with Gasteiger partial charge in [0.1, 0.15) is 12.2 Å². The summed E-state index contributed by atoms with van der Waals surface area (Å²) in [5.74, 6) is 0.985. The van der Waals surface area contributed by atoms with E-state index in [1.54, 1.807) is 6.33 Å². The molecule has 0 aliphatic heterocycles. The molecule has 0 aromatic carbocycles. The van der Waals surface area contributed by atoms with Gasteiger partial charge >= 0.3 is 0 Å². The minimum Gasteiger partial charge on any atom is -0.357 e. The zero-order valence-electron chi connectivity index (χ0n) is 9.72. The molecular formula is C11H17N5. The Balaban J connectivity index is 1.84. The molecule has 2 aromatic heterocycles. The van der Waals surface area contributed by atoms with Crippen molar-refractivity contribution < 1.29 is 0 Å². The van der Waals surface area contributed by atoms with Gasteiger partial charge in [0.25, 0.3) is 0 Å². The molecule has 0 saturated carbocycles. The van der Waals surface area contributed by atoms with E-state index in [1.165, 1.54) is 5.56 Å². The van der Waals surface area contributed by atoms with Gasteiger partial charge in [-0.3, -0.25) is 0 Å². The van der Waals surface area contributed by atoms with E-state index in [9.17, 15) is 0 Å². The maximum absolute atomic E-state index is 4.07. The predicted molar refractivity (Wildman–Crippen MR) is 61.7 cm³/mol. The van der Waals surface area contributed by atoms with Crippen LogP contribution in [0.4, 0.5) is 0 Å². The number of nitrogens with zero attached hydrogens (tertiary/aromatic N) is 4. The van der Waals surface area contributed by atoms with Crippen LogP contribution in [-0.2, 0) is 26.7 Å². The Labute approximate surface area is 95.1 Å². The van der Waals surface area contributed by atoms with Gasteiger partial charge in [-0.2, -0.15) is 0 Å². The molecule has 5 heteroatoms. The Kier molecular flexibility index (Phi) is 3.36. The van der Waals surface area contributed by atoms with Crippen LogP contribution in [0.1, 0.15) is 18.3 Å². The average Bonchev–Trinajstić information content (AvgIpc) is 2.87. The Morgan fingerprint density at radius 3 is 2.94 bits per heavy atom. The van der Waals surface area contributed by atoms with Gasteiger partial charge in [0.05, 0.1) is 6.54 Å². The molecule has 2 rings (SSSR count). The molecule has 0 saturated heterocycles. The van der Waals surface area contributed by atoms with Crippen molar-refractivity contribution >= 4 is 0 Å². The van der Waals surface area contributed by atoms with Crippen LogP contribution in [0.2, 0.25) is 0 Å². The van der Waals surface area contributed by atoms with Crippen molar-refractivity contribution in [3.8, 4) is 0 Å². The van der Waals surface area contributed by atoms with Crippen LogP contribution in [0.5, 0.6) is 0 Å². The molecule has 0 aliphatic rings. The minimum absolute atomic E-state index is 0.753. The van der Waals surface area contributed by atoms with E-state index in [-0.39, 0.29) is 0 Å². The molecule has 0 atom stereocenters. The second-order valence-corrected chi connectivity index (χ2v) is 3.82. The lowest BCUT2D eigenvalue weighted by molar-refractivity contribution is 0.612. The molecule has 5 nitrogen and oxygen atoms in total. The van der Waals surface area contributed by atoms with Crippen LogP contribution in [0.25, 0.3) is 0 Å². The molecule has 0 amide bonds. The van der Waals surface area contributed by atoms with Gasteiger partial charge in [-0.05, 0) is 18.6 Å². The average molecular weight is 219 g/mol. The number of nitrogens with one attached hydrogen (secondary N) is 1. The molecule has 2 aromatic rings. The Morgan fingerprint density at radius 2 is 2.25 bits per heavy atom. The van der Waals surface area contributed by atoms with Crippen molar-refractivity contribution in [1.29, 1.82) is 0 Å². The van der Waals surface area contributed by atoms with E-state index < -0.39 is 0 Å². The standard InChI is InChI=1S/C11H17N5/c1-3-16-9-13-14-11(16)7-12-6-10-4-5-15(2)8-10/h4-5,8-9,12H,3,6-7H2,1-2H3. The lowest BCUT2D eigenvalue weighted by Crippen LogP contribution is -2.16. The summed E-state index contributed by atoms with van der Waals surface area (Å²) in [6.45, 7) is 4.61. The molecule has 0 fully saturated rings. The second kappa shape index (κ2) is 4.94. The van der Waals surface area contributed by atoms with Gasteiger partial charge in [0.2, 0.25) is 0 Å². The molecule has 0 aliphatic carbocycles. The number of rotatable bonds is 5. The summed E-state index contributed by atoms with van der Waals surface area (Å²) < 4.78 is 4.09. The van der Waals surface area contributed by atoms with Crippen LogP contribution in [0.3, 0.4) is 0 Å². The van der Waals surface area contributed by atoms with Crippen molar-refractivity contribution in [1.82, 2.24) is 24.6 Å². The highest BCUT2D eigenvalue weighted by molar-refractivity contribution is 5.09. The van der Waals surface area contributed by atoms with E-state index in [1.807, 2.05) is 22.4 Å². The van der Waals surface area contributed by atoms with E-state index in [0.29, 0.717) is 0 Å². The highest BCUT2D eigenvalue weighted by Crippen LogP contribution is 2.00. The van der Waals surface area contributed by atoms with Gasteiger partial charge in [0, 0.05) is 32.5 Å². The third kappa shape index (κ3) is 2.49. The van der Waals surface area contributed by atoms with Crippen LogP contribution in [0, 0.1) is 0 Å². The summed E-state index contributed by atoms with van der Waals surface area (Å²) in [4.78, 5) is 0. The minimum atomic E-state index is 0.753. The Hall–Kier alpha value is -1.62. The summed E-state index contributed by atoms with van der Waals surface area (Å²) in [6, 6.07) is 2.11. The number of hydrogen-bond donors (Lipinski definition) is 1. The molecule has 2 heterocycles. The second-order valence-electron chi connectivity index (χ2n) is 3.82. The van der Waals surface area contributed by atoms with Crippen molar-refractivity contribution in [2.75, 3.05) is 0 Å². The quantitative estimate of drug-likeness (QED) is 0.813. The summed E-state index contributed by atoms with van der Waals surface area (Å²) in [5, 5.41) is 11.3. The van der Waals surface area contributed by atoms with Crippen LogP contribution in [-0.4, -0.2) is 19.3 Å². The van der Waals surface area contributed by atoms with Gasteiger partial charge < -0.3 is 14.5 Å². The number of hydrogen-bond acceptors (Lipinski definition) is 3. The van der Waals surface area contributed by atoms with Gasteiger partial charge in [-0.25, -0.2) is 0 Å². The summed E-state index contributed by atoms with van der Waals surface area (Å²) in [6.07, 6.45) is 5.92. The maximum atomic E-state index is 4.07. The fourth-order valence-corrected chi connectivity index (χ4v) is 1.66. The van der Waals surface area contributed by atoms with Crippen molar-refractivity contribution in [3.05, 3.63) is 36.2 Å². The number of aromatic nitrogens is 4. The summed E-state index contributed by atoms with van der Waals surface area (Å²) in [5.41, 5.74) is 1.28. The molecule has 16 heavy (non-hydrogen) atoms. The lowest BCUT2D eigenvalue weighted by Gasteiger charge is -2.04. The molecule has 0 spiro atoms. The molecule has 0 bridgehead atoms. The van der Waals surface area contributed by atoms with Gasteiger partial charge in [-0.1, -0.05) is 0 Å². The Bertz CT molecular complexity index is 443. The van der Waals surface area contributed by atoms with Crippen LogP contribution < -0.4 is 5.32 Å². The fourth-order valence-electron chi connectivity index (χ4n) is 1.66. The van der Waals surface area contributed by atoms with Gasteiger partial charge in [0.15, 0.2) is 0 Å². The third-order valence-electron chi connectivity index (χ3n) is 2.54. The monoisotopic (exact) mass is 219 g/mol. The highest BCUT2D eigenvalue weighted by Gasteiger charge is 2.01. The first kappa shape index (κ1) is 10.9. The first-order valence-electron chi connectivity index (χ1n) is 5.48. The van der Waals surface area contributed by atoms with Crippen molar-refractivity contribution in [2.24, 2.45) is 7.05 Å². The fraction of sp³-hybridized carbons (Fsp3) is 0.455. The first-order valence-corrected chi connectivity index (χ1v) is 5.48. The molecule has 0 unspecified atom stereocenters. The normalized spacial score (nSPS) is 10.9. The number of aryl methyl sites for hydroxylation is 2. The topological polar surface area (TPSA) is 47.7 Å². The molecule has 86 valence electrons. The first-order chi connectivity index (χ1) is 7.79. The zero-order chi connectivity index (χ0) is 11.4. The highest BCUT2D eigenvalue weighted by atomic mass is 15.3.